The average molecular weight is 247 g/mol. The zero-order valence-electron chi connectivity index (χ0n) is 9.70. The number of rotatable bonds is 3. The number of aromatic amines is 1. The molecule has 0 aromatic carbocycles. The summed E-state index contributed by atoms with van der Waals surface area (Å²) in [7, 11) is 0. The van der Waals surface area contributed by atoms with E-state index >= 15 is 0 Å². The van der Waals surface area contributed by atoms with Crippen molar-refractivity contribution in [3.05, 3.63) is 29.9 Å². The maximum Gasteiger partial charge on any atom is 0.312 e. The topological polar surface area (TPSA) is 96.7 Å². The maximum absolute atomic E-state index is 11.2. The zero-order valence-corrected chi connectivity index (χ0v) is 9.70. The summed E-state index contributed by atoms with van der Waals surface area (Å²) in [5, 5.41) is 13.2. The van der Waals surface area contributed by atoms with Crippen LogP contribution in [-0.4, -0.2) is 35.8 Å². The molecule has 7 heteroatoms. The number of imidazole rings is 1. The van der Waals surface area contributed by atoms with E-state index in [4.69, 9.17) is 5.11 Å². The quantitative estimate of drug-likeness (QED) is 0.825. The largest absolute Gasteiger partial charge is 0.481 e. The van der Waals surface area contributed by atoms with Crippen molar-refractivity contribution in [1.82, 2.24) is 24.7 Å². The highest BCUT2D eigenvalue weighted by Gasteiger charge is 2.29. The molecule has 1 aliphatic carbocycles. The Morgan fingerprint density at radius 1 is 1.61 bits per heavy atom. The number of hydrogen-bond acceptors (Lipinski definition) is 4. The van der Waals surface area contributed by atoms with Gasteiger partial charge in [-0.2, -0.15) is 5.10 Å². The molecule has 7 nitrogen and oxygen atoms in total. The number of nitrogens with zero attached hydrogens (tertiary/aromatic N) is 4. The van der Waals surface area contributed by atoms with E-state index < -0.39 is 11.9 Å². The minimum absolute atomic E-state index is 0.477. The number of nitrogens with one attached hydrogen (secondary N) is 1. The lowest BCUT2D eigenvalue weighted by Crippen LogP contribution is -2.17. The van der Waals surface area contributed by atoms with Crippen LogP contribution in [0.5, 0.6) is 0 Å². The van der Waals surface area contributed by atoms with Crippen LogP contribution in [0.25, 0.3) is 0 Å². The van der Waals surface area contributed by atoms with Gasteiger partial charge in [0.1, 0.15) is 30.9 Å². The van der Waals surface area contributed by atoms with Crippen molar-refractivity contribution in [3.8, 4) is 0 Å². The van der Waals surface area contributed by atoms with Gasteiger partial charge < -0.3 is 10.1 Å². The Morgan fingerprint density at radius 2 is 2.50 bits per heavy atom. The van der Waals surface area contributed by atoms with Gasteiger partial charge in [-0.1, -0.05) is 0 Å². The first kappa shape index (κ1) is 10.9. The third-order valence-electron chi connectivity index (χ3n) is 3.19. The summed E-state index contributed by atoms with van der Waals surface area (Å²) in [6.07, 6.45) is 5.48. The molecule has 94 valence electrons. The third-order valence-corrected chi connectivity index (χ3v) is 3.19. The molecular formula is C11H13N5O2. The second kappa shape index (κ2) is 4.25. The Hall–Kier alpha value is -2.18. The summed E-state index contributed by atoms with van der Waals surface area (Å²) < 4.78 is 1.65. The second-order valence-electron chi connectivity index (χ2n) is 4.42. The van der Waals surface area contributed by atoms with Crippen LogP contribution < -0.4 is 0 Å². The molecule has 0 fully saturated rings. The molecule has 0 aliphatic heterocycles. The Morgan fingerprint density at radius 3 is 3.22 bits per heavy atom. The van der Waals surface area contributed by atoms with E-state index in [-0.39, 0.29) is 0 Å². The smallest absolute Gasteiger partial charge is 0.312 e. The molecule has 3 rings (SSSR count). The van der Waals surface area contributed by atoms with E-state index in [1.807, 2.05) is 0 Å². The van der Waals surface area contributed by atoms with Crippen LogP contribution in [0, 0.1) is 0 Å². The Kier molecular flexibility index (Phi) is 2.58. The first-order valence-corrected chi connectivity index (χ1v) is 5.87. The molecule has 2 N–H and O–H groups in total. The lowest BCUT2D eigenvalue weighted by atomic mass is 9.90. The lowest BCUT2D eigenvalue weighted by Gasteiger charge is -2.16. The molecule has 0 saturated carbocycles. The SMILES string of the molecule is O=C(O)C1CCCc2[nH]c(Cn3cncn3)nc21. The minimum Gasteiger partial charge on any atom is -0.481 e. The molecule has 0 bridgehead atoms. The van der Waals surface area contributed by atoms with Gasteiger partial charge in [0.25, 0.3) is 0 Å². The predicted molar refractivity (Wildman–Crippen MR) is 61.0 cm³/mol. The zero-order chi connectivity index (χ0) is 12.5. The van der Waals surface area contributed by atoms with Gasteiger partial charge in [0.05, 0.1) is 5.69 Å². The summed E-state index contributed by atoms with van der Waals surface area (Å²) in [6.45, 7) is 0.485. The second-order valence-corrected chi connectivity index (χ2v) is 4.42. The average Bonchev–Trinajstić information content (AvgIpc) is 2.96. The summed E-state index contributed by atoms with van der Waals surface area (Å²) in [5.41, 5.74) is 1.63. The summed E-state index contributed by atoms with van der Waals surface area (Å²) in [4.78, 5) is 22.6. The highest BCUT2D eigenvalue weighted by molar-refractivity contribution is 5.76. The first-order valence-electron chi connectivity index (χ1n) is 5.87. The van der Waals surface area contributed by atoms with Crippen molar-refractivity contribution < 1.29 is 9.90 Å². The highest BCUT2D eigenvalue weighted by Crippen LogP contribution is 2.30. The molecule has 0 saturated heterocycles. The van der Waals surface area contributed by atoms with E-state index in [0.29, 0.717) is 18.7 Å². The number of hydrogen-bond donors (Lipinski definition) is 2. The van der Waals surface area contributed by atoms with Gasteiger partial charge in [0, 0.05) is 5.69 Å². The van der Waals surface area contributed by atoms with Crippen molar-refractivity contribution >= 4 is 5.97 Å². The van der Waals surface area contributed by atoms with Gasteiger partial charge >= 0.3 is 5.97 Å². The monoisotopic (exact) mass is 247 g/mol. The maximum atomic E-state index is 11.2. The molecule has 0 radical (unpaired) electrons. The number of fused-ring (bicyclic) bond motifs is 1. The lowest BCUT2D eigenvalue weighted by molar-refractivity contribution is -0.139. The molecular weight excluding hydrogens is 234 g/mol. The molecule has 2 aromatic rings. The number of carboxylic acids is 1. The number of H-pyrrole nitrogens is 1. The van der Waals surface area contributed by atoms with Crippen LogP contribution in [0.2, 0.25) is 0 Å². The van der Waals surface area contributed by atoms with Crippen molar-refractivity contribution in [3.63, 3.8) is 0 Å². The van der Waals surface area contributed by atoms with Crippen molar-refractivity contribution in [2.75, 3.05) is 0 Å². The van der Waals surface area contributed by atoms with Gasteiger partial charge in [-0.05, 0) is 19.3 Å². The Bertz CT molecular complexity index is 560. The summed E-state index contributed by atoms with van der Waals surface area (Å²) >= 11 is 0. The van der Waals surface area contributed by atoms with Crippen LogP contribution in [-0.2, 0) is 17.8 Å². The van der Waals surface area contributed by atoms with Crippen LogP contribution in [0.1, 0.15) is 36.0 Å². The van der Waals surface area contributed by atoms with Gasteiger partial charge in [0.15, 0.2) is 0 Å². The normalized spacial score (nSPS) is 18.6. The molecule has 18 heavy (non-hydrogen) atoms. The third kappa shape index (κ3) is 1.87. The highest BCUT2D eigenvalue weighted by atomic mass is 16.4. The van der Waals surface area contributed by atoms with Gasteiger partial charge in [0.2, 0.25) is 0 Å². The van der Waals surface area contributed by atoms with Crippen LogP contribution in [0.4, 0.5) is 0 Å². The van der Waals surface area contributed by atoms with E-state index in [2.05, 4.69) is 20.1 Å². The molecule has 1 unspecified atom stereocenters. The molecule has 0 amide bonds. The first-order chi connectivity index (χ1) is 8.74. The molecule has 0 spiro atoms. The number of aliphatic carboxylic acids is 1. The minimum atomic E-state index is -0.797. The fourth-order valence-electron chi connectivity index (χ4n) is 2.36. The van der Waals surface area contributed by atoms with E-state index in [1.165, 1.54) is 6.33 Å². The fraction of sp³-hybridized carbons (Fsp3) is 0.455. The van der Waals surface area contributed by atoms with Gasteiger partial charge in [-0.15, -0.1) is 0 Å². The number of aryl methyl sites for hydroxylation is 1. The van der Waals surface area contributed by atoms with Crippen molar-refractivity contribution in [1.29, 1.82) is 0 Å². The number of carbonyl (C=O) groups is 1. The number of aromatic nitrogens is 5. The standard InChI is InChI=1S/C11H13N5O2/c17-11(18)7-2-1-3-8-10(7)15-9(14-8)4-16-6-12-5-13-16/h5-7H,1-4H2,(H,14,15)(H,17,18). The summed E-state index contributed by atoms with van der Waals surface area (Å²) in [5.74, 6) is -0.539. The van der Waals surface area contributed by atoms with Crippen molar-refractivity contribution in [2.24, 2.45) is 0 Å². The molecule has 2 heterocycles. The molecule has 2 aromatic heterocycles. The van der Waals surface area contributed by atoms with Crippen LogP contribution in [0.15, 0.2) is 12.7 Å². The predicted octanol–water partition coefficient (Wildman–Crippen LogP) is 0.554. The van der Waals surface area contributed by atoms with E-state index in [1.54, 1.807) is 11.0 Å². The Labute approximate surface area is 103 Å². The number of carboxylic acid groups (broad SMARTS) is 1. The Balaban J connectivity index is 1.89. The molecule has 1 aliphatic rings. The fourth-order valence-corrected chi connectivity index (χ4v) is 2.36. The summed E-state index contributed by atoms with van der Waals surface area (Å²) in [6, 6.07) is 0. The molecule has 1 atom stereocenters. The van der Waals surface area contributed by atoms with Gasteiger partial charge in [-0.25, -0.2) is 14.6 Å². The van der Waals surface area contributed by atoms with Crippen LogP contribution >= 0.6 is 0 Å². The van der Waals surface area contributed by atoms with E-state index in [9.17, 15) is 4.79 Å². The van der Waals surface area contributed by atoms with Crippen LogP contribution in [0.3, 0.4) is 0 Å². The van der Waals surface area contributed by atoms with Crippen molar-refractivity contribution in [2.45, 2.75) is 31.7 Å². The van der Waals surface area contributed by atoms with E-state index in [0.717, 1.165) is 24.4 Å². The van der Waals surface area contributed by atoms with Gasteiger partial charge in [-0.3, -0.25) is 4.79 Å².